The quantitative estimate of drug-likeness (QED) is 0.672. The molecule has 106 valence electrons. The molecule has 1 aromatic rings. The molecule has 0 spiro atoms. The first-order valence-electron chi connectivity index (χ1n) is 6.73. The summed E-state index contributed by atoms with van der Waals surface area (Å²) in [4.78, 5) is 12.7. The zero-order chi connectivity index (χ0) is 14.7. The Bertz CT molecular complexity index is 553. The molecule has 0 aliphatic carbocycles. The fraction of sp³-hybridized carbons (Fsp3) is 0.500. The molecule has 1 aromatic carbocycles. The lowest BCUT2D eigenvalue weighted by atomic mass is 9.90. The van der Waals surface area contributed by atoms with Crippen molar-refractivity contribution < 1.29 is 4.92 Å². The van der Waals surface area contributed by atoms with Crippen molar-refractivity contribution in [3.63, 3.8) is 0 Å². The van der Waals surface area contributed by atoms with Crippen LogP contribution in [0, 0.1) is 27.4 Å². The number of piperidine rings is 1. The predicted molar refractivity (Wildman–Crippen MR) is 76.4 cm³/mol. The van der Waals surface area contributed by atoms with Gasteiger partial charge in [-0.2, -0.15) is 5.26 Å². The molecular formula is C14H18N4O2. The molecule has 1 heterocycles. The second kappa shape index (κ2) is 5.88. The molecule has 0 saturated carbocycles. The van der Waals surface area contributed by atoms with Crippen LogP contribution in [0.15, 0.2) is 18.2 Å². The molecule has 0 amide bonds. The van der Waals surface area contributed by atoms with Gasteiger partial charge in [0.2, 0.25) is 0 Å². The molecule has 0 aromatic heterocycles. The van der Waals surface area contributed by atoms with Crippen molar-refractivity contribution in [3.05, 3.63) is 33.9 Å². The van der Waals surface area contributed by atoms with Crippen LogP contribution in [0.3, 0.4) is 0 Å². The van der Waals surface area contributed by atoms with Crippen molar-refractivity contribution in [3.8, 4) is 6.07 Å². The van der Waals surface area contributed by atoms with Gasteiger partial charge >= 0.3 is 0 Å². The summed E-state index contributed by atoms with van der Waals surface area (Å²) in [5.41, 5.74) is 6.57. The normalized spacial score (nSPS) is 22.4. The summed E-state index contributed by atoms with van der Waals surface area (Å²) in [5, 5.41) is 20.0. The molecule has 1 aliphatic heterocycles. The first-order chi connectivity index (χ1) is 9.58. The van der Waals surface area contributed by atoms with Gasteiger partial charge in [0.1, 0.15) is 11.6 Å². The lowest BCUT2D eigenvalue weighted by Crippen LogP contribution is -2.48. The minimum atomic E-state index is -0.507. The summed E-state index contributed by atoms with van der Waals surface area (Å²) < 4.78 is 0. The van der Waals surface area contributed by atoms with Gasteiger partial charge in [0, 0.05) is 30.9 Å². The van der Waals surface area contributed by atoms with E-state index in [1.807, 2.05) is 6.07 Å². The van der Waals surface area contributed by atoms with E-state index in [0.29, 0.717) is 12.5 Å². The van der Waals surface area contributed by atoms with Crippen LogP contribution in [0.2, 0.25) is 0 Å². The Balaban J connectivity index is 2.39. The zero-order valence-corrected chi connectivity index (χ0v) is 11.5. The highest BCUT2D eigenvalue weighted by Gasteiger charge is 2.28. The van der Waals surface area contributed by atoms with Gasteiger partial charge in [-0.05, 0) is 30.9 Å². The number of benzene rings is 1. The zero-order valence-electron chi connectivity index (χ0n) is 11.5. The lowest BCUT2D eigenvalue weighted by molar-refractivity contribution is -0.385. The number of nitriles is 1. The SMILES string of the molecule is CC1CCCN(c2ccc(C#N)c([N+](=O)[O-])c2)C1CN. The number of nitro groups is 1. The van der Waals surface area contributed by atoms with Crippen LogP contribution in [0.4, 0.5) is 11.4 Å². The predicted octanol–water partition coefficient (Wildman–Crippen LogP) is 2.03. The summed E-state index contributed by atoms with van der Waals surface area (Å²) in [6, 6.07) is 6.82. The maximum Gasteiger partial charge on any atom is 0.289 e. The minimum absolute atomic E-state index is 0.0908. The van der Waals surface area contributed by atoms with Crippen molar-refractivity contribution in [1.82, 2.24) is 0 Å². The molecule has 1 fully saturated rings. The largest absolute Gasteiger partial charge is 0.367 e. The van der Waals surface area contributed by atoms with Crippen LogP contribution in [-0.4, -0.2) is 24.1 Å². The fourth-order valence-corrected chi connectivity index (χ4v) is 2.87. The van der Waals surface area contributed by atoms with Crippen LogP contribution in [0.1, 0.15) is 25.3 Å². The van der Waals surface area contributed by atoms with Gasteiger partial charge in [0.25, 0.3) is 5.69 Å². The minimum Gasteiger partial charge on any atom is -0.367 e. The van der Waals surface area contributed by atoms with Crippen molar-refractivity contribution in [2.45, 2.75) is 25.8 Å². The highest BCUT2D eigenvalue weighted by molar-refractivity contribution is 5.61. The van der Waals surface area contributed by atoms with Crippen molar-refractivity contribution in [1.29, 1.82) is 5.26 Å². The molecule has 6 heteroatoms. The third-order valence-electron chi connectivity index (χ3n) is 3.99. The highest BCUT2D eigenvalue weighted by Crippen LogP contribution is 2.31. The number of nitrogens with two attached hydrogens (primary N) is 1. The summed E-state index contributed by atoms with van der Waals surface area (Å²) in [6.45, 7) is 3.52. The van der Waals surface area contributed by atoms with Gasteiger partial charge in [-0.1, -0.05) is 6.92 Å². The summed E-state index contributed by atoms with van der Waals surface area (Å²) in [6.07, 6.45) is 2.17. The van der Waals surface area contributed by atoms with Crippen molar-refractivity contribution in [2.75, 3.05) is 18.0 Å². The van der Waals surface area contributed by atoms with Gasteiger partial charge in [-0.3, -0.25) is 10.1 Å². The molecule has 2 rings (SSSR count). The number of rotatable bonds is 3. The van der Waals surface area contributed by atoms with Crippen LogP contribution in [0.25, 0.3) is 0 Å². The Morgan fingerprint density at radius 3 is 2.95 bits per heavy atom. The van der Waals surface area contributed by atoms with Crippen LogP contribution >= 0.6 is 0 Å². The molecule has 2 N–H and O–H groups in total. The topological polar surface area (TPSA) is 96.2 Å². The lowest BCUT2D eigenvalue weighted by Gasteiger charge is -2.41. The second-order valence-electron chi connectivity index (χ2n) is 5.19. The average molecular weight is 274 g/mol. The number of nitro benzene ring substituents is 1. The van der Waals surface area contributed by atoms with E-state index in [1.54, 1.807) is 6.07 Å². The third kappa shape index (κ3) is 2.58. The Labute approximate surface area is 117 Å². The Hall–Kier alpha value is -2.13. The van der Waals surface area contributed by atoms with E-state index in [4.69, 9.17) is 11.0 Å². The molecule has 1 saturated heterocycles. The van der Waals surface area contributed by atoms with E-state index in [1.165, 1.54) is 12.1 Å². The molecule has 0 radical (unpaired) electrons. The standard InChI is InChI=1S/C14H18N4O2/c1-10-3-2-6-17(14(10)9-16)12-5-4-11(8-15)13(7-12)18(19)20/h4-5,7,10,14H,2-3,6,9,16H2,1H3. The molecule has 1 aliphatic rings. The van der Waals surface area contributed by atoms with E-state index >= 15 is 0 Å². The molecular weight excluding hydrogens is 256 g/mol. The van der Waals surface area contributed by atoms with E-state index in [0.717, 1.165) is 25.1 Å². The highest BCUT2D eigenvalue weighted by atomic mass is 16.6. The fourth-order valence-electron chi connectivity index (χ4n) is 2.87. The summed E-state index contributed by atoms with van der Waals surface area (Å²) in [7, 11) is 0. The summed E-state index contributed by atoms with van der Waals surface area (Å²) in [5.74, 6) is 0.462. The average Bonchev–Trinajstić information content (AvgIpc) is 2.46. The van der Waals surface area contributed by atoms with Crippen LogP contribution in [-0.2, 0) is 0 Å². The van der Waals surface area contributed by atoms with E-state index in [9.17, 15) is 10.1 Å². The van der Waals surface area contributed by atoms with Crippen molar-refractivity contribution >= 4 is 11.4 Å². The van der Waals surface area contributed by atoms with E-state index in [2.05, 4.69) is 11.8 Å². The number of hydrogen-bond donors (Lipinski definition) is 1. The number of hydrogen-bond acceptors (Lipinski definition) is 5. The Morgan fingerprint density at radius 1 is 1.60 bits per heavy atom. The molecule has 6 nitrogen and oxygen atoms in total. The smallest absolute Gasteiger partial charge is 0.289 e. The maximum absolute atomic E-state index is 11.0. The first kappa shape index (κ1) is 14.3. The Morgan fingerprint density at radius 2 is 2.35 bits per heavy atom. The van der Waals surface area contributed by atoms with Gasteiger partial charge in [-0.25, -0.2) is 0 Å². The first-order valence-corrected chi connectivity index (χ1v) is 6.73. The number of nitrogens with zero attached hydrogens (tertiary/aromatic N) is 3. The Kier molecular flexibility index (Phi) is 4.20. The van der Waals surface area contributed by atoms with E-state index < -0.39 is 4.92 Å². The molecule has 2 atom stereocenters. The van der Waals surface area contributed by atoms with Crippen molar-refractivity contribution in [2.24, 2.45) is 11.7 Å². The molecule has 20 heavy (non-hydrogen) atoms. The second-order valence-corrected chi connectivity index (χ2v) is 5.19. The molecule has 2 unspecified atom stereocenters. The maximum atomic E-state index is 11.0. The number of anilines is 1. The van der Waals surface area contributed by atoms with Crippen LogP contribution in [0.5, 0.6) is 0 Å². The van der Waals surface area contributed by atoms with Gasteiger partial charge in [0.15, 0.2) is 0 Å². The van der Waals surface area contributed by atoms with Gasteiger partial charge < -0.3 is 10.6 Å². The van der Waals surface area contributed by atoms with E-state index in [-0.39, 0.29) is 17.3 Å². The van der Waals surface area contributed by atoms with Gasteiger partial charge in [0.05, 0.1) is 4.92 Å². The third-order valence-corrected chi connectivity index (χ3v) is 3.99. The monoisotopic (exact) mass is 274 g/mol. The summed E-state index contributed by atoms with van der Waals surface area (Å²) >= 11 is 0. The van der Waals surface area contributed by atoms with Crippen LogP contribution < -0.4 is 10.6 Å². The molecule has 0 bridgehead atoms. The van der Waals surface area contributed by atoms with Gasteiger partial charge in [-0.15, -0.1) is 0 Å².